The quantitative estimate of drug-likeness (QED) is 0.894. The molecule has 2 aliphatic carbocycles. The Labute approximate surface area is 142 Å². The summed E-state index contributed by atoms with van der Waals surface area (Å²) in [6.45, 7) is 1.69. The number of carbonyl (C=O) groups is 2. The molecule has 2 saturated carbocycles. The van der Waals surface area contributed by atoms with E-state index in [-0.39, 0.29) is 23.8 Å². The molecular formula is C19H25N3O2. The number of anilines is 1. The van der Waals surface area contributed by atoms with Gasteiger partial charge in [0.05, 0.1) is 5.92 Å². The van der Waals surface area contributed by atoms with Crippen LogP contribution in [0.4, 0.5) is 5.69 Å². The maximum atomic E-state index is 12.6. The van der Waals surface area contributed by atoms with Crippen LogP contribution in [0.3, 0.4) is 0 Å². The summed E-state index contributed by atoms with van der Waals surface area (Å²) in [7, 11) is 0. The highest BCUT2D eigenvalue weighted by Crippen LogP contribution is 2.47. The Morgan fingerprint density at radius 2 is 1.71 bits per heavy atom. The Hall–Kier alpha value is -1.88. The van der Waals surface area contributed by atoms with Crippen molar-refractivity contribution in [2.45, 2.75) is 38.1 Å². The number of likely N-dealkylation sites (tertiary alicyclic amines) is 1. The molecule has 128 valence electrons. The second-order valence-electron chi connectivity index (χ2n) is 7.50. The first-order chi connectivity index (χ1) is 11.6. The van der Waals surface area contributed by atoms with Gasteiger partial charge in [0.1, 0.15) is 0 Å². The molecule has 1 saturated heterocycles. The van der Waals surface area contributed by atoms with E-state index in [0.717, 1.165) is 44.5 Å². The van der Waals surface area contributed by atoms with E-state index in [1.807, 2.05) is 17.0 Å². The highest BCUT2D eigenvalue weighted by Gasteiger charge is 2.49. The Balaban J connectivity index is 1.40. The van der Waals surface area contributed by atoms with Gasteiger partial charge in [-0.25, -0.2) is 0 Å². The van der Waals surface area contributed by atoms with E-state index < -0.39 is 0 Å². The molecule has 1 aromatic rings. The molecule has 2 bridgehead atoms. The van der Waals surface area contributed by atoms with Gasteiger partial charge in [-0.15, -0.1) is 0 Å². The van der Waals surface area contributed by atoms with Gasteiger partial charge in [-0.1, -0.05) is 0 Å². The van der Waals surface area contributed by atoms with Crippen LogP contribution in [0.5, 0.6) is 0 Å². The molecule has 1 heterocycles. The number of fused-ring (bicyclic) bond motifs is 2. The molecule has 3 aliphatic rings. The average Bonchev–Trinajstić information content (AvgIpc) is 3.32. The van der Waals surface area contributed by atoms with E-state index in [1.165, 1.54) is 6.42 Å². The van der Waals surface area contributed by atoms with Crippen LogP contribution < -0.4 is 11.1 Å². The predicted octanol–water partition coefficient (Wildman–Crippen LogP) is 2.23. The molecule has 4 unspecified atom stereocenters. The lowest BCUT2D eigenvalue weighted by atomic mass is 9.84. The molecule has 4 atom stereocenters. The summed E-state index contributed by atoms with van der Waals surface area (Å²) in [5, 5.41) is 2.99. The Morgan fingerprint density at radius 3 is 2.33 bits per heavy atom. The van der Waals surface area contributed by atoms with Crippen LogP contribution in [0, 0.1) is 17.8 Å². The summed E-state index contributed by atoms with van der Waals surface area (Å²) >= 11 is 0. The second-order valence-corrected chi connectivity index (χ2v) is 7.50. The zero-order valence-electron chi connectivity index (χ0n) is 13.9. The van der Waals surface area contributed by atoms with E-state index in [4.69, 9.17) is 5.73 Å². The number of rotatable bonds is 3. The lowest BCUT2D eigenvalue weighted by Gasteiger charge is -2.27. The number of amides is 2. The summed E-state index contributed by atoms with van der Waals surface area (Å²) in [6, 6.07) is 7.24. The minimum Gasteiger partial charge on any atom is -0.339 e. The average molecular weight is 327 g/mol. The predicted molar refractivity (Wildman–Crippen MR) is 92.5 cm³/mol. The number of nitrogens with two attached hydrogens (primary N) is 1. The van der Waals surface area contributed by atoms with Gasteiger partial charge < -0.3 is 16.0 Å². The van der Waals surface area contributed by atoms with E-state index >= 15 is 0 Å². The number of hydrogen-bond acceptors (Lipinski definition) is 3. The summed E-state index contributed by atoms with van der Waals surface area (Å²) in [5.41, 5.74) is 7.67. The molecule has 5 nitrogen and oxygen atoms in total. The first kappa shape index (κ1) is 15.6. The Kier molecular flexibility index (Phi) is 4.04. The molecule has 5 heteroatoms. The SMILES string of the molecule is NC1C2CCC(C2)C1C(=O)Nc1ccc(C(=O)N2CCCC2)cc1. The fraction of sp³-hybridized carbons (Fsp3) is 0.579. The number of nitrogens with zero attached hydrogens (tertiary/aromatic N) is 1. The van der Waals surface area contributed by atoms with Gasteiger partial charge in [0.2, 0.25) is 5.91 Å². The standard InChI is InChI=1S/C19H25N3O2/c20-17-14-4-3-13(11-14)16(17)18(23)21-15-7-5-12(6-8-15)19(24)22-9-1-2-10-22/h5-8,13-14,16-17H,1-4,9-11,20H2,(H,21,23). The molecule has 1 aliphatic heterocycles. The van der Waals surface area contributed by atoms with Gasteiger partial charge in [0.15, 0.2) is 0 Å². The Morgan fingerprint density at radius 1 is 1.04 bits per heavy atom. The minimum atomic E-state index is -0.0605. The van der Waals surface area contributed by atoms with Crippen LogP contribution in [0.2, 0.25) is 0 Å². The Bertz CT molecular complexity index is 635. The van der Waals surface area contributed by atoms with Gasteiger partial charge in [0.25, 0.3) is 5.91 Å². The molecule has 0 radical (unpaired) electrons. The van der Waals surface area contributed by atoms with Crippen LogP contribution in [0.1, 0.15) is 42.5 Å². The molecule has 3 fully saturated rings. The van der Waals surface area contributed by atoms with Crippen molar-refractivity contribution in [2.24, 2.45) is 23.5 Å². The number of nitrogens with one attached hydrogen (secondary N) is 1. The van der Waals surface area contributed by atoms with E-state index in [9.17, 15) is 9.59 Å². The van der Waals surface area contributed by atoms with Crippen LogP contribution in [-0.4, -0.2) is 35.8 Å². The summed E-state index contributed by atoms with van der Waals surface area (Å²) < 4.78 is 0. The van der Waals surface area contributed by atoms with Gasteiger partial charge >= 0.3 is 0 Å². The summed E-state index contributed by atoms with van der Waals surface area (Å²) in [5.74, 6) is 1.02. The fourth-order valence-electron chi connectivity index (χ4n) is 4.75. The third-order valence-electron chi connectivity index (χ3n) is 6.08. The van der Waals surface area contributed by atoms with Gasteiger partial charge in [0, 0.05) is 30.4 Å². The van der Waals surface area contributed by atoms with Crippen molar-refractivity contribution in [1.82, 2.24) is 4.90 Å². The maximum absolute atomic E-state index is 12.6. The normalized spacial score (nSPS) is 31.5. The highest BCUT2D eigenvalue weighted by atomic mass is 16.2. The second kappa shape index (κ2) is 6.20. The number of carbonyl (C=O) groups excluding carboxylic acids is 2. The van der Waals surface area contributed by atoms with Crippen molar-refractivity contribution in [1.29, 1.82) is 0 Å². The van der Waals surface area contributed by atoms with Crippen molar-refractivity contribution >= 4 is 17.5 Å². The van der Waals surface area contributed by atoms with Gasteiger partial charge in [-0.3, -0.25) is 9.59 Å². The van der Waals surface area contributed by atoms with Crippen LogP contribution in [0.15, 0.2) is 24.3 Å². The maximum Gasteiger partial charge on any atom is 0.253 e. The zero-order chi connectivity index (χ0) is 16.7. The third-order valence-corrected chi connectivity index (χ3v) is 6.08. The molecule has 4 rings (SSSR count). The molecule has 0 aromatic heterocycles. The third kappa shape index (κ3) is 2.71. The largest absolute Gasteiger partial charge is 0.339 e. The van der Waals surface area contributed by atoms with Crippen molar-refractivity contribution in [3.8, 4) is 0 Å². The van der Waals surface area contributed by atoms with E-state index in [0.29, 0.717) is 17.4 Å². The lowest BCUT2D eigenvalue weighted by molar-refractivity contribution is -0.121. The molecule has 0 spiro atoms. The van der Waals surface area contributed by atoms with E-state index in [2.05, 4.69) is 5.32 Å². The highest BCUT2D eigenvalue weighted by molar-refractivity contribution is 5.96. The first-order valence-corrected chi connectivity index (χ1v) is 9.09. The number of benzene rings is 1. The molecule has 3 N–H and O–H groups in total. The fourth-order valence-corrected chi connectivity index (χ4v) is 4.75. The van der Waals surface area contributed by atoms with Gasteiger partial charge in [-0.05, 0) is 68.2 Å². The van der Waals surface area contributed by atoms with Crippen LogP contribution >= 0.6 is 0 Å². The van der Waals surface area contributed by atoms with Crippen LogP contribution in [0.25, 0.3) is 0 Å². The monoisotopic (exact) mass is 327 g/mol. The number of hydrogen-bond donors (Lipinski definition) is 2. The molecular weight excluding hydrogens is 302 g/mol. The van der Waals surface area contributed by atoms with Gasteiger partial charge in [-0.2, -0.15) is 0 Å². The first-order valence-electron chi connectivity index (χ1n) is 9.09. The summed E-state index contributed by atoms with van der Waals surface area (Å²) in [6.07, 6.45) is 5.57. The van der Waals surface area contributed by atoms with E-state index in [1.54, 1.807) is 12.1 Å². The molecule has 1 aromatic carbocycles. The van der Waals surface area contributed by atoms with Crippen molar-refractivity contribution in [2.75, 3.05) is 18.4 Å². The van der Waals surface area contributed by atoms with Crippen LogP contribution in [-0.2, 0) is 4.79 Å². The minimum absolute atomic E-state index is 0.000215. The van der Waals surface area contributed by atoms with Crippen molar-refractivity contribution < 1.29 is 9.59 Å². The topological polar surface area (TPSA) is 75.4 Å². The van der Waals surface area contributed by atoms with Crippen molar-refractivity contribution in [3.05, 3.63) is 29.8 Å². The summed E-state index contributed by atoms with van der Waals surface area (Å²) in [4.78, 5) is 26.8. The molecule has 2 amide bonds. The zero-order valence-corrected chi connectivity index (χ0v) is 13.9. The lowest BCUT2D eigenvalue weighted by Crippen LogP contribution is -2.42. The van der Waals surface area contributed by atoms with Crippen molar-refractivity contribution in [3.63, 3.8) is 0 Å². The smallest absolute Gasteiger partial charge is 0.253 e. The molecule has 24 heavy (non-hydrogen) atoms.